The van der Waals surface area contributed by atoms with Gasteiger partial charge in [-0.15, -0.1) is 11.3 Å². The van der Waals surface area contributed by atoms with Gasteiger partial charge < -0.3 is 44.7 Å². The van der Waals surface area contributed by atoms with Crippen LogP contribution in [0.4, 0.5) is 29.7 Å². The minimum Gasteiger partial charge on any atom is -0.461 e. The minimum absolute atomic E-state index is 0.00453. The quantitative estimate of drug-likeness (QED) is 0.0662. The molecular weight excluding hydrogens is 1080 g/mol. The van der Waals surface area contributed by atoms with Crippen molar-refractivity contribution in [1.82, 2.24) is 29.3 Å². The average Bonchev–Trinajstić information content (AvgIpc) is 4.36. The van der Waals surface area contributed by atoms with Crippen LogP contribution in [0.5, 0.6) is 6.01 Å². The smallest absolute Gasteiger partial charge is 0.340 e. The molecule has 4 fully saturated rings. The highest BCUT2D eigenvalue weighted by molar-refractivity contribution is 7.23. The number of ether oxygens (including phenoxy) is 3. The summed E-state index contributed by atoms with van der Waals surface area (Å²) in [6, 6.07) is 12.2. The minimum atomic E-state index is -1.53. The number of aliphatic hydroxyl groups is 1. The van der Waals surface area contributed by atoms with Crippen LogP contribution in [0.3, 0.4) is 0 Å². The lowest BCUT2D eigenvalue weighted by Gasteiger charge is -2.42. The van der Waals surface area contributed by atoms with Crippen LogP contribution < -0.4 is 26.2 Å². The van der Waals surface area contributed by atoms with E-state index < -0.39 is 29.5 Å². The highest BCUT2D eigenvalue weighted by atomic mass is 35.5. The van der Waals surface area contributed by atoms with Crippen LogP contribution >= 0.6 is 22.9 Å². The number of esters is 1. The number of cyclic esters (lactones) is 1. The summed E-state index contributed by atoms with van der Waals surface area (Å²) in [6.07, 6.45) is 4.69. The molecule has 4 aromatic heterocycles. The van der Waals surface area contributed by atoms with Gasteiger partial charge in [-0.25, -0.2) is 22.9 Å². The number of piperazine rings is 1. The molecule has 414 valence electrons. The van der Waals surface area contributed by atoms with Crippen molar-refractivity contribution < 1.29 is 46.9 Å². The number of carbonyl (C=O) groups excluding carboxylic acids is 3. The lowest BCUT2D eigenvalue weighted by Crippen LogP contribution is -2.56. The number of halogens is 4. The third-order valence-corrected chi connectivity index (χ3v) is 17.4. The van der Waals surface area contributed by atoms with E-state index >= 15 is 4.39 Å². The van der Waals surface area contributed by atoms with Gasteiger partial charge in [0.1, 0.15) is 47.3 Å². The van der Waals surface area contributed by atoms with Gasteiger partial charge in [0.2, 0.25) is 6.41 Å². The molecule has 3 aromatic carbocycles. The summed E-state index contributed by atoms with van der Waals surface area (Å²) in [5.74, 6) is -2.40. The maximum absolute atomic E-state index is 17.1. The van der Waals surface area contributed by atoms with Crippen LogP contribution in [0.25, 0.3) is 54.4 Å². The summed E-state index contributed by atoms with van der Waals surface area (Å²) in [5, 5.41) is 23.7. The van der Waals surface area contributed by atoms with Crippen LogP contribution in [0, 0.1) is 28.8 Å². The summed E-state index contributed by atoms with van der Waals surface area (Å²) in [5.41, 5.74) is 8.82. The highest BCUT2D eigenvalue weighted by Gasteiger charge is 2.46. The monoisotopic (exact) mass is 1130 g/mol. The van der Waals surface area contributed by atoms with Gasteiger partial charge in [0.05, 0.1) is 74.2 Å². The number of aliphatic hydroxyl groups excluding tert-OH is 1. The van der Waals surface area contributed by atoms with Crippen molar-refractivity contribution in [2.24, 2.45) is 0 Å². The molecule has 0 radical (unpaired) electrons. The van der Waals surface area contributed by atoms with Gasteiger partial charge in [-0.1, -0.05) is 38.1 Å². The number of anilines is 3. The first-order valence-electron chi connectivity index (χ1n) is 26.3. The molecule has 0 spiro atoms. The van der Waals surface area contributed by atoms with Crippen molar-refractivity contribution in [3.8, 4) is 34.6 Å². The Morgan fingerprint density at radius 1 is 1.06 bits per heavy atom. The number of nitrogens with two attached hydrogens (primary N) is 1. The number of benzene rings is 3. The number of amides is 2. The van der Waals surface area contributed by atoms with Crippen LogP contribution in [-0.4, -0.2) is 117 Å². The van der Waals surface area contributed by atoms with E-state index in [4.69, 9.17) is 36.5 Å². The van der Waals surface area contributed by atoms with Gasteiger partial charge in [-0.2, -0.15) is 15.2 Å². The molecule has 7 aromatic rings. The van der Waals surface area contributed by atoms with Crippen molar-refractivity contribution in [2.45, 2.75) is 89.3 Å². The van der Waals surface area contributed by atoms with E-state index in [-0.39, 0.29) is 114 Å². The number of fused-ring (bicyclic) bond motifs is 10. The summed E-state index contributed by atoms with van der Waals surface area (Å²) in [6.45, 7) is 11.5. The fraction of sp³-hybridized carbons (Fsp3) is 0.368. The Balaban J connectivity index is 0.000000190. The van der Waals surface area contributed by atoms with Crippen LogP contribution in [0.2, 0.25) is 5.02 Å². The lowest BCUT2D eigenvalue weighted by atomic mass is 9.95. The fourth-order valence-corrected chi connectivity index (χ4v) is 13.7. The number of nitriles is 1. The predicted molar refractivity (Wildman–Crippen MR) is 296 cm³/mol. The van der Waals surface area contributed by atoms with Crippen LogP contribution in [0.15, 0.2) is 59.4 Å². The molecule has 18 nitrogen and oxygen atoms in total. The van der Waals surface area contributed by atoms with E-state index in [1.54, 1.807) is 18.2 Å². The molecule has 3 atom stereocenters. The molecule has 0 aliphatic carbocycles. The summed E-state index contributed by atoms with van der Waals surface area (Å²) in [4.78, 5) is 68.9. The van der Waals surface area contributed by atoms with Gasteiger partial charge in [0, 0.05) is 64.7 Å². The number of hydrogen-bond donors (Lipinski definition) is 3. The number of aromatic nitrogens is 4. The predicted octanol–water partition coefficient (Wildman–Crippen LogP) is 8.54. The van der Waals surface area contributed by atoms with E-state index in [9.17, 15) is 38.3 Å². The lowest BCUT2D eigenvalue weighted by molar-refractivity contribution is -0.157. The Morgan fingerprint density at radius 3 is 2.50 bits per heavy atom. The molecule has 13 rings (SSSR count). The maximum atomic E-state index is 17.1. The molecule has 3 unspecified atom stereocenters. The van der Waals surface area contributed by atoms with Crippen molar-refractivity contribution >= 4 is 89.6 Å². The number of hydrogen-bond acceptors (Lipinski definition) is 16. The number of rotatable bonds is 10. The number of thiophene rings is 1. The molecule has 2 amide bonds. The molecule has 6 aliphatic rings. The van der Waals surface area contributed by atoms with E-state index in [1.165, 1.54) is 35.9 Å². The first kappa shape index (κ1) is 54.3. The number of carbonyl (C=O) groups is 3. The van der Waals surface area contributed by atoms with Gasteiger partial charge in [0.15, 0.2) is 11.9 Å². The summed E-state index contributed by atoms with van der Waals surface area (Å²) >= 11 is 7.85. The Labute approximate surface area is 465 Å². The summed E-state index contributed by atoms with van der Waals surface area (Å²) in [7, 11) is 1.54. The number of nitrogens with one attached hydrogen (secondary N) is 1. The molecule has 23 heteroatoms. The normalized spacial score (nSPS) is 19.3. The van der Waals surface area contributed by atoms with E-state index in [1.807, 2.05) is 18.7 Å². The van der Waals surface area contributed by atoms with Gasteiger partial charge in [0.25, 0.3) is 11.5 Å². The maximum Gasteiger partial charge on any atom is 0.340 e. The van der Waals surface area contributed by atoms with E-state index in [2.05, 4.69) is 37.7 Å². The third kappa shape index (κ3) is 9.04. The Kier molecular flexibility index (Phi) is 14.5. The topological polar surface area (TPSA) is 231 Å². The summed E-state index contributed by atoms with van der Waals surface area (Å²) < 4.78 is 64.3. The van der Waals surface area contributed by atoms with Gasteiger partial charge in [-0.3, -0.25) is 19.3 Å². The third-order valence-electron chi connectivity index (χ3n) is 16.0. The Hall–Kier alpha value is -7.68. The zero-order valence-corrected chi connectivity index (χ0v) is 45.4. The molecule has 2 bridgehead atoms. The Bertz CT molecular complexity index is 3850. The SMILES string of the molecule is C=C(COC)C(=O)N1C2CCC1CN(c1nc(OCC34CCCN3CCC4)nc3c(F)c(-c4ccc(F)c5sc(N)c(C#N)c45)c(Cl)cc13)C2.CC.O=CNc1cc2cc3c(nc2cc1F)-c1cc2c(c(=O)n1C3)COC(=O)C2O. The zero-order chi connectivity index (χ0) is 56.5. The number of nitrogen functional groups attached to an aromatic ring is 1. The van der Waals surface area contributed by atoms with Crippen molar-refractivity contribution in [3.63, 3.8) is 0 Å². The second-order valence-corrected chi connectivity index (χ2v) is 21.9. The van der Waals surface area contributed by atoms with Gasteiger partial charge >= 0.3 is 12.0 Å². The fourth-order valence-electron chi connectivity index (χ4n) is 12.4. The second-order valence-electron chi connectivity index (χ2n) is 20.4. The molecule has 10 heterocycles. The number of nitrogens with zero attached hydrogens (tertiary/aromatic N) is 8. The van der Waals surface area contributed by atoms with Gasteiger partial charge in [-0.05, 0) is 87.5 Å². The van der Waals surface area contributed by atoms with Crippen LogP contribution in [-0.2, 0) is 37.0 Å². The van der Waals surface area contributed by atoms with Crippen molar-refractivity contribution in [2.75, 3.05) is 62.5 Å². The first-order chi connectivity index (χ1) is 38.6. The van der Waals surface area contributed by atoms with Crippen molar-refractivity contribution in [1.29, 1.82) is 5.26 Å². The standard InChI is InChI=1S/C36H36ClF2N7O3S.C19H12FN3O5.C2H6/c1-19(17-48-2)34(47)46-20-5-6-21(46)16-44(15-20)33-23-13-25(37)28(22-7-8-26(38)31-27(22)24(14-40)32(41)50-31)29(39)30(23)42-35(43-33)49-18-36-9-3-11-45(36)12-4-10-36;20-12-4-13-8(2-14(12)21-7-24)1-9-5-23-15(16(9)22-13)3-10-11(18(23)26)6-28-19(27)17(10)25;1-2/h7-8,13,20-21H,1,3-6,9-12,15-18,41H2,2H3;1-4,7,17,25H,5-6H2,(H,21,24);1-2H3. The molecule has 4 saturated heterocycles. The molecular formula is C57H54ClF3N10O8S. The highest BCUT2D eigenvalue weighted by Crippen LogP contribution is 2.47. The largest absolute Gasteiger partial charge is 0.461 e. The molecule has 0 saturated carbocycles. The zero-order valence-electron chi connectivity index (χ0n) is 43.8. The van der Waals surface area contributed by atoms with Crippen molar-refractivity contribution in [3.05, 3.63) is 110 Å². The van der Waals surface area contributed by atoms with Crippen LogP contribution in [0.1, 0.15) is 80.7 Å². The first-order valence-corrected chi connectivity index (χ1v) is 27.5. The molecule has 4 N–H and O–H groups in total. The number of pyridine rings is 2. The van der Waals surface area contributed by atoms with E-state index in [0.717, 1.165) is 68.5 Å². The average molecular weight is 1130 g/mol. The Morgan fingerprint density at radius 2 is 1.80 bits per heavy atom. The molecule has 6 aliphatic heterocycles. The number of methoxy groups -OCH3 is 1. The van der Waals surface area contributed by atoms with E-state index in [0.29, 0.717) is 65.2 Å². The molecule has 80 heavy (non-hydrogen) atoms. The second kappa shape index (κ2) is 21.4.